The maximum atomic E-state index is 12.3. The Morgan fingerprint density at radius 3 is 2.50 bits per heavy atom. The van der Waals surface area contributed by atoms with Crippen molar-refractivity contribution in [2.45, 2.75) is 6.54 Å². The molecule has 0 unspecified atom stereocenters. The number of non-ortho nitro benzene ring substituents is 1. The van der Waals surface area contributed by atoms with Crippen LogP contribution in [0.15, 0.2) is 84.2 Å². The number of carbonyl (C=O) groups excluding carboxylic acids is 2. The average molecular weight is 469 g/mol. The minimum atomic E-state index is -0.505. The largest absolute Gasteiger partial charge is 1.00 e. The predicted octanol–water partition coefficient (Wildman–Crippen LogP) is -0.467. The Hall–Kier alpha value is -3.72. The van der Waals surface area contributed by atoms with Gasteiger partial charge in [0.15, 0.2) is 12.4 Å². The summed E-state index contributed by atoms with van der Waals surface area (Å²) in [7, 11) is 0. The number of ketones is 1. The van der Waals surface area contributed by atoms with Crippen molar-refractivity contribution < 1.29 is 36.1 Å². The van der Waals surface area contributed by atoms with Gasteiger partial charge in [0, 0.05) is 29.3 Å². The monoisotopic (exact) mass is 468 g/mol. The van der Waals surface area contributed by atoms with Gasteiger partial charge in [0.2, 0.25) is 12.3 Å². The quantitative estimate of drug-likeness (QED) is 0.166. The summed E-state index contributed by atoms with van der Waals surface area (Å²) in [5.74, 6) is -0.537. The SMILES string of the molecule is O=C(C[n+]1cccc(C(=O)NN=Cc2cccc([N+](=O)[O-])c2)c1)c1ccccc1.[Br-]. The summed E-state index contributed by atoms with van der Waals surface area (Å²) < 4.78 is 1.62. The number of nitro benzene ring substituents is 1. The van der Waals surface area contributed by atoms with Crippen LogP contribution in [0.2, 0.25) is 0 Å². The molecule has 2 aromatic carbocycles. The van der Waals surface area contributed by atoms with Gasteiger partial charge in [0.05, 0.1) is 11.1 Å². The topological polar surface area (TPSA) is 106 Å². The minimum absolute atomic E-state index is 0. The van der Waals surface area contributed by atoms with Gasteiger partial charge in [-0.1, -0.05) is 42.5 Å². The first-order chi connectivity index (χ1) is 14.0. The number of nitro groups is 1. The lowest BCUT2D eigenvalue weighted by Gasteiger charge is -2.01. The highest BCUT2D eigenvalue weighted by atomic mass is 79.9. The number of Topliss-reactive ketones (excluding diaryl/α,β-unsaturated/α-hetero) is 1. The predicted molar refractivity (Wildman–Crippen MR) is 106 cm³/mol. The second-order valence-corrected chi connectivity index (χ2v) is 6.11. The zero-order chi connectivity index (χ0) is 20.6. The van der Waals surface area contributed by atoms with E-state index in [0.717, 1.165) is 0 Å². The molecule has 152 valence electrons. The Morgan fingerprint density at radius 1 is 1.03 bits per heavy atom. The van der Waals surface area contributed by atoms with Gasteiger partial charge in [-0.2, -0.15) is 9.67 Å². The summed E-state index contributed by atoms with van der Waals surface area (Å²) in [4.78, 5) is 34.9. The molecule has 0 aliphatic rings. The first-order valence-corrected chi connectivity index (χ1v) is 8.68. The van der Waals surface area contributed by atoms with Crippen LogP contribution in [-0.4, -0.2) is 22.8 Å². The number of pyridine rings is 1. The van der Waals surface area contributed by atoms with Crippen LogP contribution in [0.4, 0.5) is 5.69 Å². The van der Waals surface area contributed by atoms with Crippen molar-refractivity contribution in [1.29, 1.82) is 0 Å². The Labute approximate surface area is 182 Å². The molecule has 0 spiro atoms. The van der Waals surface area contributed by atoms with Crippen LogP contribution >= 0.6 is 0 Å². The lowest BCUT2D eigenvalue weighted by molar-refractivity contribution is -0.683. The van der Waals surface area contributed by atoms with Crippen LogP contribution in [0, 0.1) is 10.1 Å². The van der Waals surface area contributed by atoms with Crippen LogP contribution in [0.3, 0.4) is 0 Å². The van der Waals surface area contributed by atoms with E-state index in [0.29, 0.717) is 16.7 Å². The van der Waals surface area contributed by atoms with Crippen molar-refractivity contribution in [3.05, 3.63) is 106 Å². The molecule has 0 atom stereocenters. The second-order valence-electron chi connectivity index (χ2n) is 6.11. The summed E-state index contributed by atoms with van der Waals surface area (Å²) in [5, 5.41) is 14.6. The van der Waals surface area contributed by atoms with Gasteiger partial charge in [0.25, 0.3) is 11.6 Å². The molecular formula is C21H17BrN4O4. The molecule has 1 aromatic heterocycles. The fourth-order valence-corrected chi connectivity index (χ4v) is 2.58. The van der Waals surface area contributed by atoms with Crippen molar-refractivity contribution >= 4 is 23.6 Å². The molecular weight excluding hydrogens is 452 g/mol. The number of amides is 1. The summed E-state index contributed by atoms with van der Waals surface area (Å²) in [5.41, 5.74) is 3.71. The van der Waals surface area contributed by atoms with Crippen LogP contribution < -0.4 is 27.0 Å². The Kier molecular flexibility index (Phi) is 8.07. The summed E-state index contributed by atoms with van der Waals surface area (Å²) in [6.45, 7) is 0.0993. The fraction of sp³-hybridized carbons (Fsp3) is 0.0476. The van der Waals surface area contributed by atoms with Gasteiger partial charge in [0.1, 0.15) is 5.56 Å². The normalized spacial score (nSPS) is 10.3. The Balaban J connectivity index is 0.00000320. The molecule has 9 heteroatoms. The van der Waals surface area contributed by atoms with Gasteiger partial charge in [-0.25, -0.2) is 5.43 Å². The number of hydrazone groups is 1. The number of aromatic nitrogens is 1. The molecule has 0 saturated carbocycles. The van der Waals surface area contributed by atoms with Crippen molar-refractivity contribution in [3.8, 4) is 0 Å². The number of halogens is 1. The van der Waals surface area contributed by atoms with E-state index in [1.807, 2.05) is 6.07 Å². The van der Waals surface area contributed by atoms with Gasteiger partial charge in [-0.3, -0.25) is 19.7 Å². The van der Waals surface area contributed by atoms with E-state index in [1.54, 1.807) is 59.4 Å². The average Bonchev–Trinajstić information content (AvgIpc) is 2.74. The number of hydrogen-bond acceptors (Lipinski definition) is 5. The maximum Gasteiger partial charge on any atom is 0.277 e. The van der Waals surface area contributed by atoms with E-state index in [2.05, 4.69) is 10.5 Å². The highest BCUT2D eigenvalue weighted by Crippen LogP contribution is 2.11. The van der Waals surface area contributed by atoms with Crippen LogP contribution in [0.5, 0.6) is 0 Å². The third-order valence-electron chi connectivity index (χ3n) is 4.00. The van der Waals surface area contributed by atoms with Gasteiger partial charge in [-0.05, 0) is 6.07 Å². The smallest absolute Gasteiger partial charge is 0.277 e. The first-order valence-electron chi connectivity index (χ1n) is 8.68. The maximum absolute atomic E-state index is 12.3. The van der Waals surface area contributed by atoms with Crippen molar-refractivity contribution in [1.82, 2.24) is 5.43 Å². The van der Waals surface area contributed by atoms with Gasteiger partial charge >= 0.3 is 0 Å². The first kappa shape index (κ1) is 22.6. The van der Waals surface area contributed by atoms with E-state index in [1.165, 1.54) is 24.4 Å². The fourth-order valence-electron chi connectivity index (χ4n) is 2.58. The molecule has 0 aliphatic carbocycles. The number of carbonyl (C=O) groups is 2. The molecule has 30 heavy (non-hydrogen) atoms. The number of hydrogen-bond donors (Lipinski definition) is 1. The van der Waals surface area contributed by atoms with E-state index in [4.69, 9.17) is 0 Å². The molecule has 1 heterocycles. The highest BCUT2D eigenvalue weighted by Gasteiger charge is 2.14. The van der Waals surface area contributed by atoms with E-state index < -0.39 is 10.8 Å². The minimum Gasteiger partial charge on any atom is -1.00 e. The summed E-state index contributed by atoms with van der Waals surface area (Å²) in [6, 6.07) is 18.0. The van der Waals surface area contributed by atoms with Gasteiger partial charge < -0.3 is 17.0 Å². The third kappa shape index (κ3) is 6.14. The zero-order valence-corrected chi connectivity index (χ0v) is 17.2. The van der Waals surface area contributed by atoms with Crippen LogP contribution in [0.25, 0.3) is 0 Å². The Bertz CT molecular complexity index is 1090. The number of nitrogens with zero attached hydrogens (tertiary/aromatic N) is 3. The third-order valence-corrected chi connectivity index (χ3v) is 4.00. The van der Waals surface area contributed by atoms with E-state index >= 15 is 0 Å². The zero-order valence-electron chi connectivity index (χ0n) is 15.6. The van der Waals surface area contributed by atoms with Crippen molar-refractivity contribution in [3.63, 3.8) is 0 Å². The van der Waals surface area contributed by atoms with Gasteiger partial charge in [-0.15, -0.1) is 0 Å². The van der Waals surface area contributed by atoms with Crippen LogP contribution in [-0.2, 0) is 6.54 Å². The molecule has 0 fully saturated rings. The number of nitrogens with one attached hydrogen (secondary N) is 1. The molecule has 3 aromatic rings. The molecule has 1 N–H and O–H groups in total. The number of benzene rings is 2. The molecule has 0 radical (unpaired) electrons. The van der Waals surface area contributed by atoms with Crippen LogP contribution in [0.1, 0.15) is 26.3 Å². The lowest BCUT2D eigenvalue weighted by atomic mass is 10.1. The van der Waals surface area contributed by atoms with Crippen molar-refractivity contribution in [2.24, 2.45) is 5.10 Å². The van der Waals surface area contributed by atoms with E-state index in [9.17, 15) is 19.7 Å². The number of rotatable bonds is 7. The Morgan fingerprint density at radius 2 is 1.77 bits per heavy atom. The van der Waals surface area contributed by atoms with E-state index in [-0.39, 0.29) is 35.0 Å². The standard InChI is InChI=1S/C21H16N4O4.BrH/c26-20(17-7-2-1-3-8-17)15-24-11-5-9-18(14-24)21(27)23-22-13-16-6-4-10-19(12-16)25(28)29;/h1-14H,15H2;1H. The highest BCUT2D eigenvalue weighted by molar-refractivity contribution is 5.95. The molecule has 3 rings (SSSR count). The lowest BCUT2D eigenvalue weighted by Crippen LogP contribution is -3.00. The molecule has 0 aliphatic heterocycles. The molecule has 0 saturated heterocycles. The molecule has 8 nitrogen and oxygen atoms in total. The summed E-state index contributed by atoms with van der Waals surface area (Å²) in [6.07, 6.45) is 4.57. The van der Waals surface area contributed by atoms with Crippen molar-refractivity contribution in [2.75, 3.05) is 0 Å². The second kappa shape index (κ2) is 10.7. The molecule has 1 amide bonds. The molecule has 0 bridgehead atoms. The summed E-state index contributed by atoms with van der Waals surface area (Å²) >= 11 is 0.